The van der Waals surface area contributed by atoms with Crippen molar-refractivity contribution in [2.45, 2.75) is 24.8 Å². The van der Waals surface area contributed by atoms with E-state index in [1.807, 2.05) is 38.1 Å². The summed E-state index contributed by atoms with van der Waals surface area (Å²) in [5.41, 5.74) is 2.54. The Morgan fingerprint density at radius 1 is 0.828 bits per heavy atom. The van der Waals surface area contributed by atoms with Crippen molar-refractivity contribution < 1.29 is 17.9 Å². The lowest BCUT2D eigenvalue weighted by Gasteiger charge is -2.31. The van der Waals surface area contributed by atoms with Gasteiger partial charge >= 0.3 is 0 Å². The van der Waals surface area contributed by atoms with Crippen molar-refractivity contribution in [2.75, 3.05) is 18.5 Å². The van der Waals surface area contributed by atoms with E-state index in [-0.39, 0.29) is 4.90 Å². The van der Waals surface area contributed by atoms with Crippen LogP contribution in [0.15, 0.2) is 77.7 Å². The zero-order chi connectivity index (χ0) is 21.0. The van der Waals surface area contributed by atoms with Gasteiger partial charge in [0.05, 0.1) is 30.8 Å². The van der Waals surface area contributed by atoms with Crippen LogP contribution >= 0.6 is 0 Å². The van der Waals surface area contributed by atoms with Gasteiger partial charge in [0.25, 0.3) is 10.0 Å². The van der Waals surface area contributed by atoms with Gasteiger partial charge in [-0.05, 0) is 43.7 Å². The van der Waals surface area contributed by atoms with Crippen LogP contribution in [0, 0.1) is 6.92 Å². The lowest BCUT2D eigenvalue weighted by Crippen LogP contribution is -2.33. The van der Waals surface area contributed by atoms with Gasteiger partial charge in [0.2, 0.25) is 0 Å². The Labute approximate surface area is 172 Å². The van der Waals surface area contributed by atoms with Crippen LogP contribution < -0.4 is 13.8 Å². The van der Waals surface area contributed by atoms with E-state index in [0.717, 1.165) is 11.1 Å². The van der Waals surface area contributed by atoms with Gasteiger partial charge < -0.3 is 9.47 Å². The molecule has 1 unspecified atom stereocenters. The van der Waals surface area contributed by atoms with Gasteiger partial charge in [-0.25, -0.2) is 8.42 Å². The van der Waals surface area contributed by atoms with Crippen LogP contribution in [0.5, 0.6) is 11.5 Å². The summed E-state index contributed by atoms with van der Waals surface area (Å²) in [4.78, 5) is 0.165. The summed E-state index contributed by atoms with van der Waals surface area (Å²) >= 11 is 0. The summed E-state index contributed by atoms with van der Waals surface area (Å²) in [5, 5.41) is 0. The second-order valence-electron chi connectivity index (χ2n) is 6.77. The zero-order valence-electron chi connectivity index (χ0n) is 17.0. The van der Waals surface area contributed by atoms with E-state index < -0.39 is 16.1 Å². The van der Waals surface area contributed by atoms with Crippen molar-refractivity contribution in [2.24, 2.45) is 0 Å². The number of benzene rings is 3. The molecule has 3 aromatic rings. The van der Waals surface area contributed by atoms with Crippen LogP contribution in [-0.4, -0.2) is 22.6 Å². The van der Waals surface area contributed by atoms with E-state index in [2.05, 4.69) is 0 Å². The molecular formula is C23H25NO4S. The summed E-state index contributed by atoms with van der Waals surface area (Å²) in [7, 11) is -0.798. The molecule has 0 saturated carbocycles. The minimum atomic E-state index is -3.87. The fraction of sp³-hybridized carbons (Fsp3) is 0.217. The van der Waals surface area contributed by atoms with E-state index in [9.17, 15) is 8.42 Å². The quantitative estimate of drug-likeness (QED) is 0.551. The van der Waals surface area contributed by atoms with Gasteiger partial charge in [-0.2, -0.15) is 0 Å². The number of sulfonamides is 1. The minimum absolute atomic E-state index is 0.165. The number of methoxy groups -OCH3 is 2. The molecule has 0 aliphatic heterocycles. The van der Waals surface area contributed by atoms with E-state index in [0.29, 0.717) is 17.2 Å². The predicted molar refractivity (Wildman–Crippen MR) is 115 cm³/mol. The molecule has 0 bridgehead atoms. The molecule has 0 saturated heterocycles. The molecule has 152 valence electrons. The molecule has 0 heterocycles. The molecule has 0 spiro atoms. The molecule has 1 atom stereocenters. The fourth-order valence-corrected chi connectivity index (χ4v) is 4.85. The number of ether oxygens (including phenoxy) is 2. The summed E-state index contributed by atoms with van der Waals surface area (Å²) in [6.45, 7) is 3.88. The fourth-order valence-electron chi connectivity index (χ4n) is 3.17. The van der Waals surface area contributed by atoms with E-state index in [4.69, 9.17) is 9.47 Å². The first kappa shape index (κ1) is 20.7. The molecule has 3 aromatic carbocycles. The van der Waals surface area contributed by atoms with Crippen molar-refractivity contribution in [1.29, 1.82) is 0 Å². The molecular weight excluding hydrogens is 386 g/mol. The van der Waals surface area contributed by atoms with Gasteiger partial charge in [-0.1, -0.05) is 42.0 Å². The number of nitrogens with zero attached hydrogens (tertiary/aromatic N) is 1. The molecule has 0 amide bonds. The Bertz CT molecular complexity index is 1080. The molecule has 0 aromatic heterocycles. The number of hydrogen-bond donors (Lipinski definition) is 0. The second-order valence-corrected chi connectivity index (χ2v) is 8.58. The Morgan fingerprint density at radius 3 is 2.03 bits per heavy atom. The normalized spacial score (nSPS) is 12.3. The molecule has 5 nitrogen and oxygen atoms in total. The highest BCUT2D eigenvalue weighted by Crippen LogP contribution is 2.35. The van der Waals surface area contributed by atoms with Gasteiger partial charge in [-0.3, -0.25) is 4.31 Å². The third-order valence-corrected chi connectivity index (χ3v) is 6.71. The lowest BCUT2D eigenvalue weighted by molar-refractivity contribution is 0.413. The van der Waals surface area contributed by atoms with Gasteiger partial charge in [-0.15, -0.1) is 0 Å². The highest BCUT2D eigenvalue weighted by Gasteiger charge is 2.31. The first-order valence-corrected chi connectivity index (χ1v) is 10.7. The van der Waals surface area contributed by atoms with Gasteiger partial charge in [0, 0.05) is 12.1 Å². The SMILES string of the molecule is COc1cccc(N(C(C)c2ccc(C)cc2)S(=O)(=O)c2cccc(OC)c2)c1. The Morgan fingerprint density at radius 2 is 1.41 bits per heavy atom. The van der Waals surface area contributed by atoms with Crippen LogP contribution in [0.1, 0.15) is 24.1 Å². The Hall–Kier alpha value is -2.99. The van der Waals surface area contributed by atoms with Crippen LogP contribution in [0.4, 0.5) is 5.69 Å². The smallest absolute Gasteiger partial charge is 0.265 e. The standard InChI is InChI=1S/C23H25NO4S/c1-17-11-13-19(14-12-17)18(2)24(20-7-5-8-21(15-20)27-3)29(25,26)23-10-6-9-22(16-23)28-4/h5-16,18H,1-4H3. The van der Waals surface area contributed by atoms with Crippen LogP contribution in [0.2, 0.25) is 0 Å². The number of hydrogen-bond acceptors (Lipinski definition) is 4. The molecule has 29 heavy (non-hydrogen) atoms. The minimum Gasteiger partial charge on any atom is -0.497 e. The van der Waals surface area contributed by atoms with Crippen LogP contribution in [0.25, 0.3) is 0 Å². The maximum atomic E-state index is 13.7. The van der Waals surface area contributed by atoms with Crippen molar-refractivity contribution >= 4 is 15.7 Å². The topological polar surface area (TPSA) is 55.8 Å². The molecule has 3 rings (SSSR count). The third-order valence-electron chi connectivity index (χ3n) is 4.82. The Kier molecular flexibility index (Phi) is 6.13. The summed E-state index contributed by atoms with van der Waals surface area (Å²) in [6.07, 6.45) is 0. The van der Waals surface area contributed by atoms with Crippen molar-refractivity contribution in [3.8, 4) is 11.5 Å². The summed E-state index contributed by atoms with van der Waals surface area (Å²) in [6, 6.07) is 21.0. The summed E-state index contributed by atoms with van der Waals surface area (Å²) in [5.74, 6) is 1.07. The Balaban J connectivity index is 2.16. The summed E-state index contributed by atoms with van der Waals surface area (Å²) < 4.78 is 39.4. The van der Waals surface area contributed by atoms with E-state index in [1.54, 1.807) is 49.6 Å². The van der Waals surface area contributed by atoms with Crippen molar-refractivity contribution in [1.82, 2.24) is 0 Å². The largest absolute Gasteiger partial charge is 0.497 e. The zero-order valence-corrected chi connectivity index (χ0v) is 17.8. The van der Waals surface area contributed by atoms with Crippen LogP contribution in [0.3, 0.4) is 0 Å². The van der Waals surface area contributed by atoms with Crippen LogP contribution in [-0.2, 0) is 10.0 Å². The van der Waals surface area contributed by atoms with E-state index in [1.165, 1.54) is 17.5 Å². The molecule has 0 radical (unpaired) electrons. The van der Waals surface area contributed by atoms with Crippen molar-refractivity contribution in [3.63, 3.8) is 0 Å². The molecule has 0 N–H and O–H groups in total. The second kappa shape index (κ2) is 8.57. The monoisotopic (exact) mass is 411 g/mol. The average molecular weight is 412 g/mol. The maximum absolute atomic E-state index is 13.7. The highest BCUT2D eigenvalue weighted by molar-refractivity contribution is 7.92. The maximum Gasteiger partial charge on any atom is 0.265 e. The number of aryl methyl sites for hydroxylation is 1. The third kappa shape index (κ3) is 4.38. The highest BCUT2D eigenvalue weighted by atomic mass is 32.2. The molecule has 0 aliphatic carbocycles. The molecule has 0 fully saturated rings. The lowest BCUT2D eigenvalue weighted by atomic mass is 10.1. The van der Waals surface area contributed by atoms with Gasteiger partial charge in [0.1, 0.15) is 11.5 Å². The van der Waals surface area contributed by atoms with Gasteiger partial charge in [0.15, 0.2) is 0 Å². The number of rotatable bonds is 7. The molecule has 0 aliphatic rings. The van der Waals surface area contributed by atoms with E-state index >= 15 is 0 Å². The number of anilines is 1. The first-order chi connectivity index (χ1) is 13.9. The predicted octanol–water partition coefficient (Wildman–Crippen LogP) is 4.97. The molecule has 6 heteroatoms. The average Bonchev–Trinajstić information content (AvgIpc) is 2.74. The van der Waals surface area contributed by atoms with Crippen molar-refractivity contribution in [3.05, 3.63) is 83.9 Å². The first-order valence-electron chi connectivity index (χ1n) is 9.26.